The molecule has 0 aliphatic carbocycles. The van der Waals surface area contributed by atoms with Crippen LogP contribution in [0.25, 0.3) is 11.0 Å². The van der Waals surface area contributed by atoms with Crippen molar-refractivity contribution in [3.8, 4) is 0 Å². The van der Waals surface area contributed by atoms with Crippen LogP contribution in [-0.2, 0) is 13.0 Å². The van der Waals surface area contributed by atoms with E-state index in [2.05, 4.69) is 15.1 Å². The van der Waals surface area contributed by atoms with Gasteiger partial charge in [0.1, 0.15) is 0 Å². The molecule has 3 aromatic rings. The molecule has 1 aromatic carbocycles. The summed E-state index contributed by atoms with van der Waals surface area (Å²) in [6.07, 6.45) is 3.62. The molecule has 0 aliphatic rings. The molecule has 0 radical (unpaired) electrons. The van der Waals surface area contributed by atoms with Gasteiger partial charge < -0.3 is 0 Å². The van der Waals surface area contributed by atoms with Crippen LogP contribution in [0.1, 0.15) is 28.7 Å². The van der Waals surface area contributed by atoms with Crippen LogP contribution in [0.5, 0.6) is 0 Å². The van der Waals surface area contributed by atoms with Crippen LogP contribution in [0.15, 0.2) is 36.7 Å². The van der Waals surface area contributed by atoms with Gasteiger partial charge in [0.05, 0.1) is 23.1 Å². The van der Waals surface area contributed by atoms with E-state index in [9.17, 15) is 4.79 Å². The minimum absolute atomic E-state index is 0.0668. The molecular formula is C16H16N4O. The Morgan fingerprint density at radius 2 is 1.90 bits per heavy atom. The first-order valence-electron chi connectivity index (χ1n) is 6.94. The molecular weight excluding hydrogens is 264 g/mol. The van der Waals surface area contributed by atoms with E-state index in [0.29, 0.717) is 12.0 Å². The highest BCUT2D eigenvalue weighted by atomic mass is 16.1. The summed E-state index contributed by atoms with van der Waals surface area (Å²) in [6.45, 7) is 4.72. The zero-order valence-electron chi connectivity index (χ0n) is 12.1. The monoisotopic (exact) mass is 280 g/mol. The van der Waals surface area contributed by atoms with E-state index in [0.717, 1.165) is 29.0 Å². The molecule has 0 unspecified atom stereocenters. The Kier molecular flexibility index (Phi) is 3.48. The van der Waals surface area contributed by atoms with E-state index in [1.54, 1.807) is 24.5 Å². The number of nitrogens with zero attached hydrogens (tertiary/aromatic N) is 4. The highest BCUT2D eigenvalue weighted by Gasteiger charge is 2.12. The molecule has 0 bridgehead atoms. The van der Waals surface area contributed by atoms with Gasteiger partial charge in [0.25, 0.3) is 0 Å². The smallest absolute Gasteiger partial charge is 0.168 e. The van der Waals surface area contributed by atoms with Gasteiger partial charge in [-0.15, -0.1) is 0 Å². The molecule has 0 atom stereocenters. The summed E-state index contributed by atoms with van der Waals surface area (Å²) >= 11 is 0. The normalized spacial score (nSPS) is 11.0. The average molecular weight is 280 g/mol. The first kappa shape index (κ1) is 13.4. The summed E-state index contributed by atoms with van der Waals surface area (Å²) in [5.74, 6) is 0.0668. The molecule has 21 heavy (non-hydrogen) atoms. The summed E-state index contributed by atoms with van der Waals surface area (Å²) < 4.78 is 1.87. The van der Waals surface area contributed by atoms with Crippen molar-refractivity contribution >= 4 is 16.8 Å². The zero-order valence-corrected chi connectivity index (χ0v) is 12.1. The third-order valence-electron chi connectivity index (χ3n) is 3.42. The van der Waals surface area contributed by atoms with E-state index in [1.807, 2.05) is 30.7 Å². The number of carbonyl (C=O) groups is 1. The lowest BCUT2D eigenvalue weighted by atomic mass is 10.1. The second kappa shape index (κ2) is 5.44. The number of Topliss-reactive ketones (excluding diaryl/α,β-unsaturated/α-hetero) is 1. The summed E-state index contributed by atoms with van der Waals surface area (Å²) in [7, 11) is 0. The van der Waals surface area contributed by atoms with Crippen LogP contribution in [0, 0.1) is 6.92 Å². The van der Waals surface area contributed by atoms with Gasteiger partial charge in [-0.3, -0.25) is 19.4 Å². The predicted molar refractivity (Wildman–Crippen MR) is 80.2 cm³/mol. The molecule has 2 heterocycles. The summed E-state index contributed by atoms with van der Waals surface area (Å²) in [4.78, 5) is 20.9. The molecule has 0 spiro atoms. The lowest BCUT2D eigenvalue weighted by molar-refractivity contribution is 0.0990. The number of aromatic nitrogens is 4. The summed E-state index contributed by atoms with van der Waals surface area (Å²) in [6, 6.07) is 7.39. The van der Waals surface area contributed by atoms with E-state index in [1.165, 1.54) is 0 Å². The quantitative estimate of drug-likeness (QED) is 0.689. The maximum Gasteiger partial charge on any atom is 0.168 e. The van der Waals surface area contributed by atoms with E-state index in [-0.39, 0.29) is 5.78 Å². The van der Waals surface area contributed by atoms with Crippen molar-refractivity contribution in [2.24, 2.45) is 0 Å². The molecule has 0 aliphatic heterocycles. The Hall–Kier alpha value is -2.56. The number of benzene rings is 1. The molecule has 0 saturated heterocycles. The molecule has 5 nitrogen and oxygen atoms in total. The minimum atomic E-state index is 0.0668. The molecule has 5 heteroatoms. The highest BCUT2D eigenvalue weighted by Crippen LogP contribution is 2.14. The number of hydrogen-bond donors (Lipinski definition) is 0. The SMILES string of the molecule is CCn1nc(C)cc1CC(=O)c1ccc2nccnc2c1. The van der Waals surface area contributed by atoms with Crippen molar-refractivity contribution < 1.29 is 4.79 Å². The van der Waals surface area contributed by atoms with Crippen LogP contribution in [-0.4, -0.2) is 25.5 Å². The third kappa shape index (κ3) is 2.67. The molecule has 0 amide bonds. The first-order valence-corrected chi connectivity index (χ1v) is 6.94. The van der Waals surface area contributed by atoms with Crippen molar-refractivity contribution in [2.75, 3.05) is 0 Å². The Bertz CT molecular complexity index is 807. The number of ketones is 1. The summed E-state index contributed by atoms with van der Waals surface area (Å²) in [5, 5.41) is 4.37. The van der Waals surface area contributed by atoms with Gasteiger partial charge in [-0.1, -0.05) is 0 Å². The van der Waals surface area contributed by atoms with Gasteiger partial charge in [-0.2, -0.15) is 5.10 Å². The van der Waals surface area contributed by atoms with Crippen molar-refractivity contribution in [3.05, 3.63) is 53.6 Å². The van der Waals surface area contributed by atoms with Gasteiger partial charge in [0.2, 0.25) is 0 Å². The molecule has 2 aromatic heterocycles. The number of carbonyl (C=O) groups excluding carboxylic acids is 1. The van der Waals surface area contributed by atoms with Gasteiger partial charge >= 0.3 is 0 Å². The van der Waals surface area contributed by atoms with Gasteiger partial charge in [-0.05, 0) is 38.1 Å². The van der Waals surface area contributed by atoms with Crippen molar-refractivity contribution in [3.63, 3.8) is 0 Å². The fourth-order valence-electron chi connectivity index (χ4n) is 2.42. The maximum atomic E-state index is 12.4. The van der Waals surface area contributed by atoms with Crippen molar-refractivity contribution in [1.82, 2.24) is 19.7 Å². The fraction of sp³-hybridized carbons (Fsp3) is 0.250. The number of aryl methyl sites for hydroxylation is 2. The number of rotatable bonds is 4. The second-order valence-electron chi connectivity index (χ2n) is 4.95. The largest absolute Gasteiger partial charge is 0.294 e. The topological polar surface area (TPSA) is 60.7 Å². The van der Waals surface area contributed by atoms with E-state index < -0.39 is 0 Å². The van der Waals surface area contributed by atoms with Crippen LogP contribution >= 0.6 is 0 Å². The highest BCUT2D eigenvalue weighted by molar-refractivity contribution is 5.99. The third-order valence-corrected chi connectivity index (χ3v) is 3.42. The fourth-order valence-corrected chi connectivity index (χ4v) is 2.42. The predicted octanol–water partition coefficient (Wildman–Crippen LogP) is 2.58. The maximum absolute atomic E-state index is 12.4. The Balaban J connectivity index is 1.89. The summed E-state index contributed by atoms with van der Waals surface area (Å²) in [5.41, 5.74) is 4.07. The van der Waals surface area contributed by atoms with Gasteiger partial charge in [0.15, 0.2) is 5.78 Å². The van der Waals surface area contributed by atoms with Crippen LogP contribution in [0.2, 0.25) is 0 Å². The Morgan fingerprint density at radius 3 is 2.67 bits per heavy atom. The van der Waals surface area contributed by atoms with Crippen molar-refractivity contribution in [2.45, 2.75) is 26.8 Å². The van der Waals surface area contributed by atoms with Crippen LogP contribution in [0.3, 0.4) is 0 Å². The van der Waals surface area contributed by atoms with Crippen molar-refractivity contribution in [1.29, 1.82) is 0 Å². The standard InChI is InChI=1S/C16H16N4O/c1-3-20-13(8-11(2)19-20)10-16(21)12-4-5-14-15(9-12)18-7-6-17-14/h4-9H,3,10H2,1-2H3. The van der Waals surface area contributed by atoms with E-state index >= 15 is 0 Å². The number of fused-ring (bicyclic) bond motifs is 1. The molecule has 0 saturated carbocycles. The van der Waals surface area contributed by atoms with E-state index in [4.69, 9.17) is 0 Å². The Morgan fingerprint density at radius 1 is 1.14 bits per heavy atom. The minimum Gasteiger partial charge on any atom is -0.294 e. The lowest BCUT2D eigenvalue weighted by Crippen LogP contribution is -2.09. The zero-order chi connectivity index (χ0) is 14.8. The van der Waals surface area contributed by atoms with Gasteiger partial charge in [-0.25, -0.2) is 0 Å². The molecule has 3 rings (SSSR count). The molecule has 0 fully saturated rings. The van der Waals surface area contributed by atoms with Crippen LogP contribution in [0.4, 0.5) is 0 Å². The van der Waals surface area contributed by atoms with Crippen LogP contribution < -0.4 is 0 Å². The van der Waals surface area contributed by atoms with Gasteiger partial charge in [0, 0.05) is 30.2 Å². The first-order chi connectivity index (χ1) is 10.2. The number of hydrogen-bond acceptors (Lipinski definition) is 4. The molecule has 0 N–H and O–H groups in total. The Labute approximate surface area is 122 Å². The molecule has 106 valence electrons. The second-order valence-corrected chi connectivity index (χ2v) is 4.95. The average Bonchev–Trinajstić information content (AvgIpc) is 2.86. The lowest BCUT2D eigenvalue weighted by Gasteiger charge is -2.05.